The molecule has 3 heterocycles. The number of piperazine rings is 1. The largest absolute Gasteiger partial charge is 0.341 e. The molecule has 0 spiro atoms. The zero-order valence-corrected chi connectivity index (χ0v) is 13.2. The minimum atomic E-state index is -0.359. The minimum absolute atomic E-state index is 0.0390. The van der Waals surface area contributed by atoms with Gasteiger partial charge in [0, 0.05) is 45.7 Å². The molecule has 2 aliphatic heterocycles. The van der Waals surface area contributed by atoms with Crippen LogP contribution in [0, 0.1) is 0 Å². The average Bonchev–Trinajstić information content (AvgIpc) is 3.27. The Labute approximate surface area is 135 Å². The van der Waals surface area contributed by atoms with Gasteiger partial charge in [-0.15, -0.1) is 5.10 Å². The maximum atomic E-state index is 12.6. The quantitative estimate of drug-likeness (QED) is 0.738. The van der Waals surface area contributed by atoms with Crippen molar-refractivity contribution in [3.05, 3.63) is 6.33 Å². The summed E-state index contributed by atoms with van der Waals surface area (Å²) in [5.41, 5.74) is 0. The van der Waals surface area contributed by atoms with Crippen molar-refractivity contribution < 1.29 is 9.59 Å². The number of hydrogen-bond donors (Lipinski definition) is 1. The first-order chi connectivity index (χ1) is 11.3. The van der Waals surface area contributed by atoms with E-state index in [1.165, 1.54) is 6.33 Å². The van der Waals surface area contributed by atoms with E-state index in [9.17, 15) is 9.59 Å². The molecule has 23 heavy (non-hydrogen) atoms. The van der Waals surface area contributed by atoms with Gasteiger partial charge in [0.25, 0.3) is 0 Å². The SMILES string of the molecule is O=C([C@@H]1CNCCN1C(=O)CCCn1cnnn1)N1CCCC1. The predicted molar refractivity (Wildman–Crippen MR) is 81.2 cm³/mol. The lowest BCUT2D eigenvalue weighted by molar-refractivity contribution is -0.146. The highest BCUT2D eigenvalue weighted by molar-refractivity contribution is 5.88. The number of aryl methyl sites for hydroxylation is 1. The molecule has 3 rings (SSSR count). The van der Waals surface area contributed by atoms with Crippen molar-refractivity contribution in [3.8, 4) is 0 Å². The van der Waals surface area contributed by atoms with E-state index in [1.807, 2.05) is 4.90 Å². The predicted octanol–water partition coefficient (Wildman–Crippen LogP) is -1.12. The Morgan fingerprint density at radius 2 is 2.04 bits per heavy atom. The van der Waals surface area contributed by atoms with Crippen LogP contribution in [0.15, 0.2) is 6.33 Å². The van der Waals surface area contributed by atoms with Gasteiger partial charge >= 0.3 is 0 Å². The van der Waals surface area contributed by atoms with Crippen LogP contribution in [0.2, 0.25) is 0 Å². The van der Waals surface area contributed by atoms with Crippen LogP contribution in [0.1, 0.15) is 25.7 Å². The third kappa shape index (κ3) is 3.84. The summed E-state index contributed by atoms with van der Waals surface area (Å²) >= 11 is 0. The molecule has 0 aliphatic carbocycles. The van der Waals surface area contributed by atoms with E-state index in [0.29, 0.717) is 32.5 Å². The first-order valence-electron chi connectivity index (χ1n) is 8.25. The van der Waals surface area contributed by atoms with Crippen LogP contribution in [0.4, 0.5) is 0 Å². The van der Waals surface area contributed by atoms with Crippen molar-refractivity contribution in [2.24, 2.45) is 0 Å². The van der Waals surface area contributed by atoms with Crippen molar-refractivity contribution in [2.75, 3.05) is 32.7 Å². The number of nitrogens with one attached hydrogen (secondary N) is 1. The van der Waals surface area contributed by atoms with Gasteiger partial charge in [-0.3, -0.25) is 9.59 Å². The van der Waals surface area contributed by atoms with Crippen LogP contribution in [-0.4, -0.2) is 80.6 Å². The van der Waals surface area contributed by atoms with Crippen molar-refractivity contribution in [1.82, 2.24) is 35.3 Å². The minimum Gasteiger partial charge on any atom is -0.341 e. The second kappa shape index (κ2) is 7.49. The fraction of sp³-hybridized carbons (Fsp3) is 0.786. The smallest absolute Gasteiger partial charge is 0.246 e. The van der Waals surface area contributed by atoms with Gasteiger partial charge in [-0.05, 0) is 29.7 Å². The summed E-state index contributed by atoms with van der Waals surface area (Å²) in [6.45, 7) is 4.12. The summed E-state index contributed by atoms with van der Waals surface area (Å²) in [6, 6.07) is -0.359. The lowest BCUT2D eigenvalue weighted by Gasteiger charge is -2.37. The van der Waals surface area contributed by atoms with Crippen molar-refractivity contribution in [1.29, 1.82) is 0 Å². The van der Waals surface area contributed by atoms with Gasteiger partial charge in [0.05, 0.1) is 0 Å². The number of carbonyl (C=O) groups is 2. The fourth-order valence-corrected chi connectivity index (χ4v) is 3.19. The summed E-state index contributed by atoms with van der Waals surface area (Å²) in [6.07, 6.45) is 4.73. The van der Waals surface area contributed by atoms with Gasteiger partial charge in [-0.2, -0.15) is 0 Å². The Morgan fingerprint density at radius 3 is 2.78 bits per heavy atom. The lowest BCUT2D eigenvalue weighted by Crippen LogP contribution is -2.59. The molecule has 1 atom stereocenters. The number of aromatic nitrogens is 4. The molecule has 1 aromatic heterocycles. The third-order valence-corrected chi connectivity index (χ3v) is 4.44. The monoisotopic (exact) mass is 321 g/mol. The van der Waals surface area contributed by atoms with E-state index >= 15 is 0 Å². The molecule has 2 amide bonds. The van der Waals surface area contributed by atoms with Crippen molar-refractivity contribution in [3.63, 3.8) is 0 Å². The molecule has 1 aromatic rings. The molecule has 2 aliphatic rings. The molecule has 2 fully saturated rings. The Morgan fingerprint density at radius 1 is 1.22 bits per heavy atom. The first kappa shape index (κ1) is 15.9. The molecule has 9 heteroatoms. The topological polar surface area (TPSA) is 96.2 Å². The Balaban J connectivity index is 1.54. The van der Waals surface area contributed by atoms with E-state index in [1.54, 1.807) is 9.58 Å². The summed E-state index contributed by atoms with van der Waals surface area (Å²) in [5.74, 6) is 0.126. The molecule has 0 radical (unpaired) electrons. The molecule has 126 valence electrons. The number of rotatable bonds is 5. The van der Waals surface area contributed by atoms with Gasteiger partial charge in [-0.1, -0.05) is 0 Å². The maximum Gasteiger partial charge on any atom is 0.246 e. The second-order valence-corrected chi connectivity index (χ2v) is 6.02. The highest BCUT2D eigenvalue weighted by atomic mass is 16.2. The van der Waals surface area contributed by atoms with Crippen LogP contribution in [-0.2, 0) is 16.1 Å². The number of tetrazole rings is 1. The third-order valence-electron chi connectivity index (χ3n) is 4.44. The zero-order valence-electron chi connectivity index (χ0n) is 13.2. The van der Waals surface area contributed by atoms with Gasteiger partial charge in [0.1, 0.15) is 12.4 Å². The van der Waals surface area contributed by atoms with Gasteiger partial charge in [0.2, 0.25) is 11.8 Å². The van der Waals surface area contributed by atoms with E-state index in [0.717, 1.165) is 32.5 Å². The van der Waals surface area contributed by atoms with E-state index in [-0.39, 0.29) is 17.9 Å². The van der Waals surface area contributed by atoms with E-state index in [2.05, 4.69) is 20.8 Å². The highest BCUT2D eigenvalue weighted by Gasteiger charge is 2.35. The van der Waals surface area contributed by atoms with Gasteiger partial charge in [0.15, 0.2) is 0 Å². The molecule has 0 saturated carbocycles. The highest BCUT2D eigenvalue weighted by Crippen LogP contribution is 2.15. The molecule has 9 nitrogen and oxygen atoms in total. The lowest BCUT2D eigenvalue weighted by atomic mass is 10.1. The first-order valence-corrected chi connectivity index (χ1v) is 8.25. The normalized spacial score (nSPS) is 21.7. The summed E-state index contributed by atoms with van der Waals surface area (Å²) < 4.78 is 1.61. The molecule has 1 N–H and O–H groups in total. The molecule has 0 aromatic carbocycles. The number of carbonyl (C=O) groups excluding carboxylic acids is 2. The van der Waals surface area contributed by atoms with Crippen molar-refractivity contribution >= 4 is 11.8 Å². The van der Waals surface area contributed by atoms with Crippen LogP contribution in [0.5, 0.6) is 0 Å². The second-order valence-electron chi connectivity index (χ2n) is 6.02. The van der Waals surface area contributed by atoms with Gasteiger partial charge < -0.3 is 15.1 Å². The molecular formula is C14H23N7O2. The standard InChI is InChI=1S/C14H23N7O2/c22-13(4-3-8-20-11-16-17-18-20)21-9-5-15-10-12(21)14(23)19-6-1-2-7-19/h11-12,15H,1-10H2/t12-/m0/s1. The summed E-state index contributed by atoms with van der Waals surface area (Å²) in [5, 5.41) is 14.1. The van der Waals surface area contributed by atoms with Crippen LogP contribution < -0.4 is 5.32 Å². The van der Waals surface area contributed by atoms with Crippen LogP contribution in [0.25, 0.3) is 0 Å². The molecule has 2 saturated heterocycles. The van der Waals surface area contributed by atoms with Crippen molar-refractivity contribution in [2.45, 2.75) is 38.3 Å². The van der Waals surface area contributed by atoms with Gasteiger partial charge in [-0.25, -0.2) is 4.68 Å². The number of hydrogen-bond acceptors (Lipinski definition) is 6. The Bertz CT molecular complexity index is 527. The molecule has 0 unspecified atom stereocenters. The number of likely N-dealkylation sites (tertiary alicyclic amines) is 1. The molecular weight excluding hydrogens is 298 g/mol. The Hall–Kier alpha value is -2.03. The zero-order chi connectivity index (χ0) is 16.1. The molecule has 0 bridgehead atoms. The number of amides is 2. The van der Waals surface area contributed by atoms with E-state index in [4.69, 9.17) is 0 Å². The average molecular weight is 321 g/mol. The van der Waals surface area contributed by atoms with Crippen LogP contribution in [0.3, 0.4) is 0 Å². The number of nitrogens with zero attached hydrogens (tertiary/aromatic N) is 6. The summed E-state index contributed by atoms with van der Waals surface area (Å²) in [4.78, 5) is 28.8. The summed E-state index contributed by atoms with van der Waals surface area (Å²) in [7, 11) is 0. The maximum absolute atomic E-state index is 12.6. The fourth-order valence-electron chi connectivity index (χ4n) is 3.19. The Kier molecular flexibility index (Phi) is 5.16. The van der Waals surface area contributed by atoms with E-state index < -0.39 is 0 Å². The van der Waals surface area contributed by atoms with Crippen LogP contribution >= 0.6 is 0 Å².